The number of benzene rings is 1. The standard InChI is InChI=1S/C23H22ClF2N5O5/c1-11(12-4-3-5-14(24)18(12)26)28-22(33)20-21(36-2)15(25)9-30(20)17(32)10-31-16-6-7-27-8-13(16)19(29-31)23(34)35/h3-8,11,15,20-21H,9-10H2,1-2H3,(H,28,33)(H,34,35)/t11-,15+,20+,21-/m1/s1. The fourth-order valence-corrected chi connectivity index (χ4v) is 4.54. The molecule has 1 fully saturated rings. The van der Waals surface area contributed by atoms with Crippen molar-refractivity contribution in [3.8, 4) is 0 Å². The van der Waals surface area contributed by atoms with Crippen molar-refractivity contribution in [1.29, 1.82) is 0 Å². The summed E-state index contributed by atoms with van der Waals surface area (Å²) in [5.74, 6) is -3.43. The van der Waals surface area contributed by atoms with Crippen LogP contribution in [0, 0.1) is 5.82 Å². The number of nitrogens with one attached hydrogen (secondary N) is 1. The number of ether oxygens (including phenoxy) is 1. The third-order valence-corrected chi connectivity index (χ3v) is 6.37. The highest BCUT2D eigenvalue weighted by atomic mass is 35.5. The van der Waals surface area contributed by atoms with Gasteiger partial charge in [0.25, 0.3) is 0 Å². The van der Waals surface area contributed by atoms with Gasteiger partial charge in [0.1, 0.15) is 30.7 Å². The van der Waals surface area contributed by atoms with Crippen molar-refractivity contribution in [2.45, 2.75) is 37.8 Å². The zero-order valence-corrected chi connectivity index (χ0v) is 19.9. The molecule has 2 aromatic heterocycles. The number of aromatic nitrogens is 3. The first-order valence-electron chi connectivity index (χ1n) is 10.9. The molecule has 13 heteroatoms. The highest BCUT2D eigenvalue weighted by Gasteiger charge is 2.49. The summed E-state index contributed by atoms with van der Waals surface area (Å²) in [6.07, 6.45) is -0.203. The lowest BCUT2D eigenvalue weighted by Crippen LogP contribution is -2.52. The lowest BCUT2D eigenvalue weighted by atomic mass is 10.1. The zero-order chi connectivity index (χ0) is 26.1. The zero-order valence-electron chi connectivity index (χ0n) is 19.2. The third kappa shape index (κ3) is 4.61. The number of rotatable bonds is 7. The molecule has 1 aliphatic heterocycles. The van der Waals surface area contributed by atoms with Crippen LogP contribution in [0.3, 0.4) is 0 Å². The van der Waals surface area contributed by atoms with E-state index in [9.17, 15) is 28.3 Å². The molecule has 0 saturated carbocycles. The predicted octanol–water partition coefficient (Wildman–Crippen LogP) is 2.36. The molecule has 4 atom stereocenters. The molecule has 2 N–H and O–H groups in total. The predicted molar refractivity (Wildman–Crippen MR) is 124 cm³/mol. The molecular weight excluding hydrogens is 500 g/mol. The number of fused-ring (bicyclic) bond motifs is 1. The van der Waals surface area contributed by atoms with E-state index in [0.29, 0.717) is 5.52 Å². The average molecular weight is 522 g/mol. The van der Waals surface area contributed by atoms with Gasteiger partial charge < -0.3 is 20.1 Å². The van der Waals surface area contributed by atoms with Crippen LogP contribution in [0.25, 0.3) is 10.9 Å². The monoisotopic (exact) mass is 521 g/mol. The minimum absolute atomic E-state index is 0.118. The first-order valence-corrected chi connectivity index (χ1v) is 11.3. The molecular formula is C23H22ClF2N5O5. The first-order chi connectivity index (χ1) is 17.1. The number of carboxylic acid groups (broad SMARTS) is 1. The summed E-state index contributed by atoms with van der Waals surface area (Å²) >= 11 is 5.83. The second-order valence-electron chi connectivity index (χ2n) is 8.28. The van der Waals surface area contributed by atoms with Crippen molar-refractivity contribution in [3.05, 3.63) is 58.8 Å². The molecule has 4 rings (SSSR count). The quantitative estimate of drug-likeness (QED) is 0.488. The summed E-state index contributed by atoms with van der Waals surface area (Å²) in [6.45, 7) is 0.640. The van der Waals surface area contributed by atoms with Gasteiger partial charge in [0.05, 0.1) is 28.5 Å². The number of aromatic carboxylic acids is 1. The van der Waals surface area contributed by atoms with Crippen molar-refractivity contribution in [3.63, 3.8) is 0 Å². The maximum absolute atomic E-state index is 14.8. The number of methoxy groups -OCH3 is 1. The van der Waals surface area contributed by atoms with Crippen LogP contribution in [0.4, 0.5) is 8.78 Å². The summed E-state index contributed by atoms with van der Waals surface area (Å²) in [6, 6.07) is 3.64. The maximum atomic E-state index is 14.8. The number of carbonyl (C=O) groups excluding carboxylic acids is 2. The van der Waals surface area contributed by atoms with Crippen LogP contribution in [-0.2, 0) is 20.9 Å². The van der Waals surface area contributed by atoms with Crippen molar-refractivity contribution in [2.75, 3.05) is 13.7 Å². The number of hydrogen-bond acceptors (Lipinski definition) is 6. The Balaban J connectivity index is 1.59. The van der Waals surface area contributed by atoms with Gasteiger partial charge in [-0.05, 0) is 19.1 Å². The van der Waals surface area contributed by atoms with E-state index in [2.05, 4.69) is 15.4 Å². The number of nitrogens with zero attached hydrogens (tertiary/aromatic N) is 4. The molecule has 0 unspecified atom stereocenters. The molecule has 3 heterocycles. The highest BCUT2D eigenvalue weighted by molar-refractivity contribution is 6.30. The molecule has 2 amide bonds. The van der Waals surface area contributed by atoms with E-state index in [-0.39, 0.29) is 21.7 Å². The fourth-order valence-electron chi connectivity index (χ4n) is 4.36. The second-order valence-corrected chi connectivity index (χ2v) is 8.69. The summed E-state index contributed by atoms with van der Waals surface area (Å²) in [5, 5.41) is 16.1. The highest BCUT2D eigenvalue weighted by Crippen LogP contribution is 2.28. The summed E-state index contributed by atoms with van der Waals surface area (Å²) < 4.78 is 35.6. The Labute approximate surface area is 208 Å². The Morgan fingerprint density at radius 3 is 2.78 bits per heavy atom. The van der Waals surface area contributed by atoms with Gasteiger partial charge in [-0.2, -0.15) is 5.10 Å². The van der Waals surface area contributed by atoms with Crippen LogP contribution in [0.1, 0.15) is 29.0 Å². The van der Waals surface area contributed by atoms with E-state index >= 15 is 0 Å². The van der Waals surface area contributed by atoms with E-state index in [1.165, 1.54) is 50.7 Å². The molecule has 10 nitrogen and oxygen atoms in total. The van der Waals surface area contributed by atoms with Gasteiger partial charge in [-0.3, -0.25) is 19.3 Å². The second kappa shape index (κ2) is 10.2. The summed E-state index contributed by atoms with van der Waals surface area (Å²) in [7, 11) is 1.22. The lowest BCUT2D eigenvalue weighted by molar-refractivity contribution is -0.142. The lowest BCUT2D eigenvalue weighted by Gasteiger charge is -2.28. The molecule has 0 aliphatic carbocycles. The van der Waals surface area contributed by atoms with Gasteiger partial charge in [-0.25, -0.2) is 13.6 Å². The van der Waals surface area contributed by atoms with E-state index in [1.807, 2.05) is 0 Å². The first kappa shape index (κ1) is 25.5. The Kier molecular flexibility index (Phi) is 7.18. The van der Waals surface area contributed by atoms with Crippen LogP contribution < -0.4 is 5.32 Å². The largest absolute Gasteiger partial charge is 0.476 e. The smallest absolute Gasteiger partial charge is 0.357 e. The van der Waals surface area contributed by atoms with E-state index < -0.39 is 61.0 Å². The Bertz CT molecular complexity index is 1340. The van der Waals surface area contributed by atoms with Crippen molar-refractivity contribution < 1.29 is 33.0 Å². The molecule has 1 aliphatic rings. The van der Waals surface area contributed by atoms with E-state index in [4.69, 9.17) is 16.3 Å². The van der Waals surface area contributed by atoms with Crippen LogP contribution in [0.15, 0.2) is 36.7 Å². The minimum atomic E-state index is -1.67. The molecule has 1 saturated heterocycles. The number of likely N-dealkylation sites (tertiary alicyclic amines) is 1. The number of hydrogen-bond donors (Lipinski definition) is 2. The van der Waals surface area contributed by atoms with Gasteiger partial charge in [0, 0.05) is 25.1 Å². The topological polar surface area (TPSA) is 127 Å². The number of pyridine rings is 1. The van der Waals surface area contributed by atoms with Crippen LogP contribution in [0.2, 0.25) is 5.02 Å². The van der Waals surface area contributed by atoms with E-state index in [0.717, 1.165) is 9.58 Å². The molecule has 190 valence electrons. The number of halogens is 3. The molecule has 0 spiro atoms. The Morgan fingerprint density at radius 1 is 1.33 bits per heavy atom. The Hall–Kier alpha value is -3.64. The number of carboxylic acids is 1. The van der Waals surface area contributed by atoms with Gasteiger partial charge in [0.2, 0.25) is 11.8 Å². The number of carbonyl (C=O) groups is 3. The van der Waals surface area contributed by atoms with Gasteiger partial charge in [-0.1, -0.05) is 23.7 Å². The molecule has 1 aromatic carbocycles. The van der Waals surface area contributed by atoms with Crippen molar-refractivity contribution in [1.82, 2.24) is 25.0 Å². The van der Waals surface area contributed by atoms with Gasteiger partial charge >= 0.3 is 5.97 Å². The maximum Gasteiger partial charge on any atom is 0.357 e. The van der Waals surface area contributed by atoms with Crippen molar-refractivity contribution >= 4 is 40.3 Å². The SMILES string of the molecule is CO[C@H]1[C@@H](C(=O)N[C@H](C)c2cccc(Cl)c2F)N(C(=O)Cn2nc(C(=O)O)c3cnccc32)C[C@@H]1F. The molecule has 36 heavy (non-hydrogen) atoms. The molecule has 0 bridgehead atoms. The Morgan fingerprint density at radius 2 is 2.08 bits per heavy atom. The van der Waals surface area contributed by atoms with Crippen molar-refractivity contribution in [2.24, 2.45) is 0 Å². The number of alkyl halides is 1. The summed E-state index contributed by atoms with van der Waals surface area (Å²) in [4.78, 5) is 42.9. The third-order valence-electron chi connectivity index (χ3n) is 6.08. The van der Waals surface area contributed by atoms with Crippen LogP contribution in [-0.4, -0.2) is 74.5 Å². The van der Waals surface area contributed by atoms with Gasteiger partial charge in [0.15, 0.2) is 5.69 Å². The van der Waals surface area contributed by atoms with Gasteiger partial charge in [-0.15, -0.1) is 0 Å². The van der Waals surface area contributed by atoms with Crippen LogP contribution >= 0.6 is 11.6 Å². The summed E-state index contributed by atoms with van der Waals surface area (Å²) in [5.41, 5.74) is 0.161. The minimum Gasteiger partial charge on any atom is -0.476 e. The fraction of sp³-hybridized carbons (Fsp3) is 0.348. The molecule has 3 aromatic rings. The average Bonchev–Trinajstić information content (AvgIpc) is 3.38. The van der Waals surface area contributed by atoms with E-state index in [1.54, 1.807) is 0 Å². The number of amides is 2. The normalized spacial score (nSPS) is 20.5. The molecule has 0 radical (unpaired) electrons. The van der Waals surface area contributed by atoms with Crippen LogP contribution in [0.5, 0.6) is 0 Å².